The quantitative estimate of drug-likeness (QED) is 0.0990. The van der Waals surface area contributed by atoms with E-state index in [0.717, 1.165) is 10.5 Å². The molecule has 11 heteroatoms. The Bertz CT molecular complexity index is 1920. The van der Waals surface area contributed by atoms with Crippen molar-refractivity contribution in [2.75, 3.05) is 10.6 Å². The number of hydrogen-bond donors (Lipinski definition) is 3. The van der Waals surface area contributed by atoms with Crippen LogP contribution in [0.5, 0.6) is 0 Å². The van der Waals surface area contributed by atoms with Crippen LogP contribution < -0.4 is 16.0 Å². The molecule has 236 valence electrons. The van der Waals surface area contributed by atoms with Crippen molar-refractivity contribution in [1.82, 2.24) is 5.32 Å². The van der Waals surface area contributed by atoms with Gasteiger partial charge in [-0.25, -0.2) is 0 Å². The van der Waals surface area contributed by atoms with Crippen molar-refractivity contribution in [3.8, 4) is 0 Å². The van der Waals surface area contributed by atoms with Crippen molar-refractivity contribution in [2.45, 2.75) is 10.1 Å². The second-order valence-electron chi connectivity index (χ2n) is 10.1. The summed E-state index contributed by atoms with van der Waals surface area (Å²) in [7, 11) is 0. The van der Waals surface area contributed by atoms with E-state index >= 15 is 0 Å². The van der Waals surface area contributed by atoms with Gasteiger partial charge in [0, 0.05) is 31.9 Å². The van der Waals surface area contributed by atoms with E-state index in [-0.39, 0.29) is 16.6 Å². The summed E-state index contributed by atoms with van der Waals surface area (Å²) in [5.74, 6) is -1.31. The largest absolute Gasteiger partial charge is 0.325 e. The lowest BCUT2D eigenvalue weighted by atomic mass is 10.1. The highest BCUT2D eigenvalue weighted by molar-refractivity contribution is 8.00. The third-order valence-corrected chi connectivity index (χ3v) is 9.18. The van der Waals surface area contributed by atoms with E-state index in [0.29, 0.717) is 37.6 Å². The minimum Gasteiger partial charge on any atom is -0.325 e. The van der Waals surface area contributed by atoms with E-state index in [1.165, 1.54) is 17.8 Å². The second-order valence-corrected chi connectivity index (χ2v) is 12.9. The third kappa shape index (κ3) is 9.41. The van der Waals surface area contributed by atoms with E-state index in [4.69, 9.17) is 46.4 Å². The molecule has 0 bridgehead atoms. The molecule has 3 N–H and O–H groups in total. The Kier molecular flexibility index (Phi) is 11.6. The first kappa shape index (κ1) is 34.1. The maximum atomic E-state index is 13.5. The average Bonchev–Trinajstić information content (AvgIpc) is 3.06. The molecule has 0 fully saturated rings. The SMILES string of the molecule is O=C(Nc1ccc(SC(C(=O)Nc2cc(Cl)cc(Cl)c2)c2ccccc2)cc1)/C(=C/c1cccc(Cl)c1Cl)NC(=O)c1ccccc1. The summed E-state index contributed by atoms with van der Waals surface area (Å²) in [4.78, 5) is 40.7. The van der Waals surface area contributed by atoms with Gasteiger partial charge in [0.1, 0.15) is 10.9 Å². The second kappa shape index (κ2) is 16.0. The van der Waals surface area contributed by atoms with Crippen LogP contribution in [-0.2, 0) is 9.59 Å². The van der Waals surface area contributed by atoms with E-state index in [9.17, 15) is 14.4 Å². The van der Waals surface area contributed by atoms with Gasteiger partial charge in [-0.05, 0) is 77.9 Å². The summed E-state index contributed by atoms with van der Waals surface area (Å²) in [5.41, 5.74) is 2.53. The summed E-state index contributed by atoms with van der Waals surface area (Å²) >= 11 is 26.2. The molecule has 0 saturated heterocycles. The Hall–Kier alpha value is -4.24. The van der Waals surface area contributed by atoms with Gasteiger partial charge >= 0.3 is 0 Å². The number of rotatable bonds is 10. The highest BCUT2D eigenvalue weighted by Gasteiger charge is 2.23. The molecule has 0 radical (unpaired) electrons. The lowest BCUT2D eigenvalue weighted by molar-refractivity contribution is -0.116. The van der Waals surface area contributed by atoms with Crippen LogP contribution in [0.4, 0.5) is 11.4 Å². The fraction of sp³-hybridized carbons (Fsp3) is 0.0278. The standard InChI is InChI=1S/C36H25Cl4N3O3S/c37-25-19-26(38)21-28(20-25)42-36(46)33(22-8-3-1-4-9-22)47-29-16-14-27(15-17-29)41-35(45)31(18-24-12-7-13-30(39)32(24)40)43-34(44)23-10-5-2-6-11-23/h1-21,33H,(H,41,45)(H,42,46)(H,43,44)/b31-18-. The van der Waals surface area contributed by atoms with Crippen LogP contribution in [0.1, 0.15) is 26.7 Å². The molecule has 1 atom stereocenters. The van der Waals surface area contributed by atoms with Crippen molar-refractivity contribution in [2.24, 2.45) is 0 Å². The lowest BCUT2D eigenvalue weighted by Gasteiger charge is -2.18. The number of anilines is 2. The number of amides is 3. The van der Waals surface area contributed by atoms with Gasteiger partial charge in [0.15, 0.2) is 0 Å². The summed E-state index contributed by atoms with van der Waals surface area (Å²) in [6, 6.07) is 34.7. The Morgan fingerprint density at radius 3 is 1.96 bits per heavy atom. The smallest absolute Gasteiger partial charge is 0.272 e. The lowest BCUT2D eigenvalue weighted by Crippen LogP contribution is -2.30. The minimum absolute atomic E-state index is 0.0385. The van der Waals surface area contributed by atoms with Gasteiger partial charge in [-0.1, -0.05) is 107 Å². The summed E-state index contributed by atoms with van der Waals surface area (Å²) < 4.78 is 0. The van der Waals surface area contributed by atoms with Crippen molar-refractivity contribution >= 4 is 93.3 Å². The van der Waals surface area contributed by atoms with Gasteiger partial charge in [-0.15, -0.1) is 11.8 Å². The highest BCUT2D eigenvalue weighted by Crippen LogP contribution is 2.37. The topological polar surface area (TPSA) is 87.3 Å². The number of hydrogen-bond acceptors (Lipinski definition) is 4. The molecule has 5 aromatic carbocycles. The Morgan fingerprint density at radius 2 is 1.30 bits per heavy atom. The van der Waals surface area contributed by atoms with Gasteiger partial charge in [0.2, 0.25) is 5.91 Å². The molecule has 5 aromatic rings. The van der Waals surface area contributed by atoms with Crippen molar-refractivity contribution in [3.05, 3.63) is 164 Å². The first-order chi connectivity index (χ1) is 22.7. The number of carbonyl (C=O) groups is 3. The number of halogens is 4. The molecule has 0 aromatic heterocycles. The van der Waals surface area contributed by atoms with Gasteiger partial charge in [-0.2, -0.15) is 0 Å². The van der Waals surface area contributed by atoms with Gasteiger partial charge in [0.25, 0.3) is 11.8 Å². The molecule has 0 aliphatic heterocycles. The highest BCUT2D eigenvalue weighted by atomic mass is 35.5. The van der Waals surface area contributed by atoms with Crippen molar-refractivity contribution < 1.29 is 14.4 Å². The number of benzene rings is 5. The third-order valence-electron chi connectivity index (χ3n) is 6.65. The van der Waals surface area contributed by atoms with E-state index < -0.39 is 17.1 Å². The van der Waals surface area contributed by atoms with Crippen LogP contribution in [0.3, 0.4) is 0 Å². The fourth-order valence-corrected chi connectivity index (χ4v) is 6.33. The molecule has 0 aliphatic carbocycles. The van der Waals surface area contributed by atoms with Crippen LogP contribution in [0.15, 0.2) is 132 Å². The number of nitrogens with one attached hydrogen (secondary N) is 3. The Balaban J connectivity index is 1.35. The number of carbonyl (C=O) groups excluding carboxylic acids is 3. The van der Waals surface area contributed by atoms with Gasteiger partial charge in [-0.3, -0.25) is 14.4 Å². The fourth-order valence-electron chi connectivity index (χ4n) is 4.42. The maximum absolute atomic E-state index is 13.5. The zero-order valence-electron chi connectivity index (χ0n) is 24.3. The predicted octanol–water partition coefficient (Wildman–Crippen LogP) is 10.2. The molecule has 5 rings (SSSR count). The van der Waals surface area contributed by atoms with Crippen LogP contribution in [0.2, 0.25) is 20.1 Å². The molecule has 1 unspecified atom stereocenters. The zero-order chi connectivity index (χ0) is 33.3. The molecule has 6 nitrogen and oxygen atoms in total. The Labute approximate surface area is 296 Å². The molecule has 0 spiro atoms. The molecular weight excluding hydrogens is 696 g/mol. The molecule has 0 heterocycles. The number of thioether (sulfide) groups is 1. The molecular formula is C36H25Cl4N3O3S. The first-order valence-corrected chi connectivity index (χ1v) is 16.5. The molecule has 0 saturated carbocycles. The van der Waals surface area contributed by atoms with Crippen molar-refractivity contribution in [3.63, 3.8) is 0 Å². The van der Waals surface area contributed by atoms with Crippen molar-refractivity contribution in [1.29, 1.82) is 0 Å². The Morgan fingerprint density at radius 1 is 0.660 bits per heavy atom. The average molecular weight is 721 g/mol. The normalized spacial score (nSPS) is 11.8. The summed E-state index contributed by atoms with van der Waals surface area (Å²) in [6.07, 6.45) is 1.46. The monoisotopic (exact) mass is 719 g/mol. The van der Waals surface area contributed by atoms with Crippen LogP contribution in [0.25, 0.3) is 6.08 Å². The summed E-state index contributed by atoms with van der Waals surface area (Å²) in [5, 5.41) is 9.16. The minimum atomic E-state index is -0.612. The predicted molar refractivity (Wildman–Crippen MR) is 194 cm³/mol. The van der Waals surface area contributed by atoms with Crippen LogP contribution in [-0.4, -0.2) is 17.7 Å². The molecule has 0 aliphatic rings. The van der Waals surface area contributed by atoms with E-state index in [1.807, 2.05) is 30.3 Å². The van der Waals surface area contributed by atoms with E-state index in [1.54, 1.807) is 91.0 Å². The van der Waals surface area contributed by atoms with Crippen LogP contribution >= 0.6 is 58.2 Å². The first-order valence-electron chi connectivity index (χ1n) is 14.1. The van der Waals surface area contributed by atoms with E-state index in [2.05, 4.69) is 16.0 Å². The van der Waals surface area contributed by atoms with Gasteiger partial charge in [0.05, 0.1) is 10.0 Å². The van der Waals surface area contributed by atoms with Gasteiger partial charge < -0.3 is 16.0 Å². The maximum Gasteiger partial charge on any atom is 0.272 e. The zero-order valence-corrected chi connectivity index (χ0v) is 28.2. The molecule has 47 heavy (non-hydrogen) atoms. The summed E-state index contributed by atoms with van der Waals surface area (Å²) in [6.45, 7) is 0. The molecule has 3 amide bonds. The van der Waals surface area contributed by atoms with Crippen LogP contribution in [0, 0.1) is 0 Å².